The van der Waals surface area contributed by atoms with Crippen molar-refractivity contribution in [3.8, 4) is 11.5 Å². The number of benzene rings is 3. The maximum absolute atomic E-state index is 13.7. The van der Waals surface area contributed by atoms with Gasteiger partial charge in [-0.1, -0.05) is 47.1 Å². The maximum Gasteiger partial charge on any atom is 0.295 e. The first-order chi connectivity index (χ1) is 17.0. The second kappa shape index (κ2) is 9.58. The molecule has 0 bridgehead atoms. The van der Waals surface area contributed by atoms with Crippen molar-refractivity contribution in [3.05, 3.63) is 98.3 Å². The highest BCUT2D eigenvalue weighted by Crippen LogP contribution is 2.43. The molecule has 0 aliphatic carbocycles. The summed E-state index contributed by atoms with van der Waals surface area (Å²) >= 11 is 3.50. The Morgan fingerprint density at radius 1 is 0.943 bits per heavy atom. The first-order valence-corrected chi connectivity index (χ1v) is 12.4. The third kappa shape index (κ3) is 4.10. The number of ether oxygens (including phenoxy) is 2. The lowest BCUT2D eigenvalue weighted by molar-refractivity contribution is 0.0971. The highest BCUT2D eigenvalue weighted by Gasteiger charge is 2.44. The zero-order chi connectivity index (χ0) is 24.5. The van der Waals surface area contributed by atoms with Crippen LogP contribution >= 0.6 is 15.9 Å². The molecule has 0 saturated carbocycles. The van der Waals surface area contributed by atoms with Crippen molar-refractivity contribution in [1.29, 1.82) is 0 Å². The molecule has 0 fully saturated rings. The van der Waals surface area contributed by atoms with Crippen LogP contribution in [0.15, 0.2) is 80.4 Å². The van der Waals surface area contributed by atoms with Gasteiger partial charge < -0.3 is 13.9 Å². The van der Waals surface area contributed by atoms with Crippen molar-refractivity contribution >= 4 is 38.5 Å². The number of halogens is 1. The van der Waals surface area contributed by atoms with Gasteiger partial charge in [-0.2, -0.15) is 0 Å². The van der Waals surface area contributed by atoms with Crippen LogP contribution in [-0.4, -0.2) is 19.1 Å². The Bertz CT molecular complexity index is 1480. The molecule has 1 aromatic heterocycles. The van der Waals surface area contributed by atoms with Crippen LogP contribution in [-0.2, 0) is 0 Å². The lowest BCUT2D eigenvalue weighted by Gasteiger charge is -2.26. The van der Waals surface area contributed by atoms with Gasteiger partial charge in [0.15, 0.2) is 16.9 Å². The van der Waals surface area contributed by atoms with Crippen molar-refractivity contribution in [1.82, 2.24) is 0 Å². The van der Waals surface area contributed by atoms with E-state index in [1.54, 1.807) is 29.2 Å². The minimum absolute atomic E-state index is 0.0583. The Morgan fingerprint density at radius 3 is 2.54 bits per heavy atom. The van der Waals surface area contributed by atoms with E-state index in [2.05, 4.69) is 15.9 Å². The predicted octanol–water partition coefficient (Wildman–Crippen LogP) is 6.49. The average molecular weight is 534 g/mol. The molecule has 1 aliphatic rings. The van der Waals surface area contributed by atoms with Crippen molar-refractivity contribution in [2.24, 2.45) is 0 Å². The number of anilines is 1. The van der Waals surface area contributed by atoms with Crippen LogP contribution < -0.4 is 19.8 Å². The van der Waals surface area contributed by atoms with Crippen molar-refractivity contribution in [2.75, 3.05) is 18.1 Å². The van der Waals surface area contributed by atoms with Crippen LogP contribution in [0.4, 0.5) is 5.69 Å². The van der Waals surface area contributed by atoms with Crippen molar-refractivity contribution in [3.63, 3.8) is 0 Å². The molecule has 1 unspecified atom stereocenters. The van der Waals surface area contributed by atoms with E-state index in [4.69, 9.17) is 13.9 Å². The van der Waals surface area contributed by atoms with Gasteiger partial charge in [0.25, 0.3) is 5.91 Å². The summed E-state index contributed by atoms with van der Waals surface area (Å²) in [7, 11) is 0. The number of carbonyl (C=O) groups excluding carboxylic acids is 1. The van der Waals surface area contributed by atoms with Crippen molar-refractivity contribution in [2.45, 2.75) is 26.3 Å². The second-order valence-corrected chi connectivity index (χ2v) is 9.13. The van der Waals surface area contributed by atoms with Crippen LogP contribution in [0.25, 0.3) is 11.0 Å². The highest BCUT2D eigenvalue weighted by atomic mass is 79.9. The average Bonchev–Trinajstić information content (AvgIpc) is 3.16. The molecule has 1 atom stereocenters. The Morgan fingerprint density at radius 2 is 1.77 bits per heavy atom. The Balaban J connectivity index is 1.75. The molecule has 0 saturated heterocycles. The molecule has 6 nitrogen and oxygen atoms in total. The molecule has 7 heteroatoms. The van der Waals surface area contributed by atoms with E-state index < -0.39 is 6.04 Å². The summed E-state index contributed by atoms with van der Waals surface area (Å²) in [5.41, 5.74) is 1.86. The lowest BCUT2D eigenvalue weighted by Crippen LogP contribution is -2.29. The zero-order valence-corrected chi connectivity index (χ0v) is 21.0. The van der Waals surface area contributed by atoms with E-state index in [1.807, 2.05) is 56.3 Å². The molecular formula is C28H24BrNO5. The number of nitrogens with zero attached hydrogens (tertiary/aromatic N) is 1. The van der Waals surface area contributed by atoms with E-state index in [-0.39, 0.29) is 17.1 Å². The first-order valence-electron chi connectivity index (χ1n) is 11.6. The van der Waals surface area contributed by atoms with Gasteiger partial charge in [-0.15, -0.1) is 0 Å². The summed E-state index contributed by atoms with van der Waals surface area (Å²) < 4.78 is 18.6. The fourth-order valence-corrected chi connectivity index (χ4v) is 4.81. The van der Waals surface area contributed by atoms with E-state index in [0.717, 1.165) is 16.5 Å². The summed E-state index contributed by atoms with van der Waals surface area (Å²) in [5, 5.41) is 0.438. The van der Waals surface area contributed by atoms with Gasteiger partial charge in [-0.25, -0.2) is 0 Å². The van der Waals surface area contributed by atoms with Crippen LogP contribution in [0.5, 0.6) is 11.5 Å². The molecular weight excluding hydrogens is 510 g/mol. The van der Waals surface area contributed by atoms with Gasteiger partial charge >= 0.3 is 0 Å². The van der Waals surface area contributed by atoms with Crippen molar-refractivity contribution < 1.29 is 18.7 Å². The lowest BCUT2D eigenvalue weighted by atomic mass is 9.97. The number of rotatable bonds is 7. The van der Waals surface area contributed by atoms with Gasteiger partial charge in [0, 0.05) is 10.2 Å². The van der Waals surface area contributed by atoms with Gasteiger partial charge in [-0.05, 0) is 61.4 Å². The van der Waals surface area contributed by atoms with Gasteiger partial charge in [0.05, 0.1) is 30.2 Å². The number of hydrogen-bond donors (Lipinski definition) is 0. The van der Waals surface area contributed by atoms with E-state index in [1.165, 1.54) is 0 Å². The Kier molecular flexibility index (Phi) is 6.34. The molecule has 1 aliphatic heterocycles. The number of para-hydroxylation sites is 1. The van der Waals surface area contributed by atoms with Crippen LogP contribution in [0.3, 0.4) is 0 Å². The third-order valence-electron chi connectivity index (χ3n) is 5.91. The number of amides is 1. The monoisotopic (exact) mass is 533 g/mol. The van der Waals surface area contributed by atoms with Crippen LogP contribution in [0.1, 0.15) is 48.0 Å². The number of hydrogen-bond acceptors (Lipinski definition) is 5. The van der Waals surface area contributed by atoms with Gasteiger partial charge in [0.1, 0.15) is 5.58 Å². The highest BCUT2D eigenvalue weighted by molar-refractivity contribution is 9.10. The molecule has 0 radical (unpaired) electrons. The third-order valence-corrected chi connectivity index (χ3v) is 6.40. The largest absolute Gasteiger partial charge is 0.490 e. The van der Waals surface area contributed by atoms with Crippen LogP contribution in [0.2, 0.25) is 0 Å². The zero-order valence-electron chi connectivity index (χ0n) is 19.4. The SMILES string of the molecule is CCCOc1ccc(C2c3c(oc4ccccc4c3=O)C(=O)N2c2cccc(Br)c2)cc1OCC. The molecule has 4 aromatic rings. The Labute approximate surface area is 211 Å². The number of carbonyl (C=O) groups is 1. The molecule has 5 rings (SSSR count). The summed E-state index contributed by atoms with van der Waals surface area (Å²) in [5.74, 6) is 0.887. The fraction of sp³-hybridized carbons (Fsp3) is 0.214. The number of fused-ring (bicyclic) bond motifs is 2. The minimum Gasteiger partial charge on any atom is -0.490 e. The van der Waals surface area contributed by atoms with Gasteiger partial charge in [-0.3, -0.25) is 14.5 Å². The molecule has 0 spiro atoms. The molecule has 3 aromatic carbocycles. The first kappa shape index (κ1) is 23.2. The predicted molar refractivity (Wildman–Crippen MR) is 139 cm³/mol. The molecule has 178 valence electrons. The summed E-state index contributed by atoms with van der Waals surface area (Å²) in [6.07, 6.45) is 0.864. The topological polar surface area (TPSA) is 69.0 Å². The quantitative estimate of drug-likeness (QED) is 0.271. The van der Waals surface area contributed by atoms with E-state index in [0.29, 0.717) is 46.9 Å². The molecule has 1 amide bonds. The smallest absolute Gasteiger partial charge is 0.295 e. The molecule has 2 heterocycles. The maximum atomic E-state index is 13.7. The minimum atomic E-state index is -0.688. The molecule has 0 N–H and O–H groups in total. The van der Waals surface area contributed by atoms with E-state index in [9.17, 15) is 9.59 Å². The second-order valence-electron chi connectivity index (χ2n) is 8.22. The van der Waals surface area contributed by atoms with Crippen LogP contribution in [0, 0.1) is 0 Å². The van der Waals surface area contributed by atoms with Gasteiger partial charge in [0.2, 0.25) is 5.76 Å². The summed E-state index contributed by atoms with van der Waals surface area (Å²) in [6.45, 7) is 4.95. The summed E-state index contributed by atoms with van der Waals surface area (Å²) in [4.78, 5) is 29.0. The van der Waals surface area contributed by atoms with E-state index >= 15 is 0 Å². The Hall–Kier alpha value is -3.58. The standard InChI is InChI=1S/C28H24BrNO5/c1-3-14-34-22-13-12-17(15-23(22)33-4-2)25-24-26(31)20-10-5-6-11-21(20)35-27(24)28(32)30(25)19-9-7-8-18(29)16-19/h5-13,15-16,25H,3-4,14H2,1-2H3. The molecule has 35 heavy (non-hydrogen) atoms. The summed E-state index contributed by atoms with van der Waals surface area (Å²) in [6, 6.07) is 19.3. The normalized spacial score (nSPS) is 14.9. The fourth-order valence-electron chi connectivity index (χ4n) is 4.42.